The van der Waals surface area contributed by atoms with Crippen LogP contribution in [0.25, 0.3) is 0 Å². The van der Waals surface area contributed by atoms with Crippen LogP contribution in [0.3, 0.4) is 0 Å². The summed E-state index contributed by atoms with van der Waals surface area (Å²) >= 11 is 1.75. The molecule has 0 aromatic carbocycles. The number of hydrogen-bond donors (Lipinski definition) is 2. The molecule has 1 aromatic heterocycles. The molecule has 0 saturated carbocycles. The molecule has 6 heteroatoms. The monoisotopic (exact) mass is 269 g/mol. The van der Waals surface area contributed by atoms with Crippen LogP contribution in [-0.2, 0) is 0 Å². The molecule has 1 heterocycles. The SMILES string of the molecule is CCC(CSC)N(C)c1nc(C(=O)O)ccc1N. The number of nitrogen functional groups attached to an aromatic ring is 1. The van der Waals surface area contributed by atoms with Crippen molar-refractivity contribution < 1.29 is 9.90 Å². The summed E-state index contributed by atoms with van der Waals surface area (Å²) in [5.41, 5.74) is 6.40. The number of carboxylic acids is 1. The van der Waals surface area contributed by atoms with Gasteiger partial charge in [0.05, 0.1) is 5.69 Å². The Kier molecular flexibility index (Phi) is 5.27. The summed E-state index contributed by atoms with van der Waals surface area (Å²) in [7, 11) is 1.90. The van der Waals surface area contributed by atoms with Gasteiger partial charge in [-0.05, 0) is 24.8 Å². The predicted octanol–water partition coefficient (Wildman–Crippen LogP) is 1.94. The van der Waals surface area contributed by atoms with Crippen LogP contribution < -0.4 is 10.6 Å². The number of nitrogens with two attached hydrogens (primary N) is 1. The summed E-state index contributed by atoms with van der Waals surface area (Å²) in [6.45, 7) is 2.09. The first-order chi connectivity index (χ1) is 8.51. The number of aromatic carboxylic acids is 1. The number of nitrogens with zero attached hydrogens (tertiary/aromatic N) is 2. The van der Waals surface area contributed by atoms with Crippen LogP contribution in [0.5, 0.6) is 0 Å². The van der Waals surface area contributed by atoms with Gasteiger partial charge in [-0.3, -0.25) is 0 Å². The van der Waals surface area contributed by atoms with Gasteiger partial charge >= 0.3 is 5.97 Å². The number of anilines is 2. The molecule has 0 fully saturated rings. The topological polar surface area (TPSA) is 79.5 Å². The molecule has 0 aliphatic rings. The van der Waals surface area contributed by atoms with E-state index in [0.29, 0.717) is 17.5 Å². The molecule has 0 amide bonds. The number of hydrogen-bond acceptors (Lipinski definition) is 5. The first-order valence-electron chi connectivity index (χ1n) is 5.72. The Bertz CT molecular complexity index is 426. The van der Waals surface area contributed by atoms with E-state index in [2.05, 4.69) is 11.9 Å². The van der Waals surface area contributed by atoms with E-state index in [0.717, 1.165) is 12.2 Å². The quantitative estimate of drug-likeness (QED) is 0.821. The lowest BCUT2D eigenvalue weighted by Crippen LogP contribution is -2.34. The Hall–Kier alpha value is -1.43. The number of rotatable bonds is 6. The van der Waals surface area contributed by atoms with Gasteiger partial charge in [-0.25, -0.2) is 9.78 Å². The fourth-order valence-corrected chi connectivity index (χ4v) is 2.57. The average molecular weight is 269 g/mol. The van der Waals surface area contributed by atoms with Crippen molar-refractivity contribution in [3.8, 4) is 0 Å². The highest BCUT2D eigenvalue weighted by atomic mass is 32.2. The van der Waals surface area contributed by atoms with E-state index >= 15 is 0 Å². The van der Waals surface area contributed by atoms with Gasteiger partial charge in [0.15, 0.2) is 11.5 Å². The number of pyridine rings is 1. The van der Waals surface area contributed by atoms with Gasteiger partial charge in [-0.1, -0.05) is 6.92 Å². The first-order valence-corrected chi connectivity index (χ1v) is 7.12. The molecule has 18 heavy (non-hydrogen) atoms. The summed E-state index contributed by atoms with van der Waals surface area (Å²) in [5, 5.41) is 8.96. The summed E-state index contributed by atoms with van der Waals surface area (Å²) in [6, 6.07) is 3.30. The molecule has 0 bridgehead atoms. The molecule has 1 rings (SSSR count). The lowest BCUT2D eigenvalue weighted by atomic mass is 10.2. The minimum atomic E-state index is -1.04. The molecule has 0 radical (unpaired) electrons. The van der Waals surface area contributed by atoms with Crippen molar-refractivity contribution in [1.82, 2.24) is 4.98 Å². The Morgan fingerprint density at radius 2 is 2.28 bits per heavy atom. The zero-order valence-electron chi connectivity index (χ0n) is 10.9. The highest BCUT2D eigenvalue weighted by molar-refractivity contribution is 7.98. The maximum absolute atomic E-state index is 10.9. The highest BCUT2D eigenvalue weighted by Gasteiger charge is 2.18. The fourth-order valence-electron chi connectivity index (χ4n) is 1.73. The van der Waals surface area contributed by atoms with Crippen molar-refractivity contribution in [3.63, 3.8) is 0 Å². The number of thioether (sulfide) groups is 1. The Morgan fingerprint density at radius 3 is 2.78 bits per heavy atom. The summed E-state index contributed by atoms with van der Waals surface area (Å²) in [4.78, 5) is 17.0. The lowest BCUT2D eigenvalue weighted by molar-refractivity contribution is 0.0690. The van der Waals surface area contributed by atoms with Crippen LogP contribution in [0.1, 0.15) is 23.8 Å². The molecule has 1 aromatic rings. The van der Waals surface area contributed by atoms with Crippen LogP contribution >= 0.6 is 11.8 Å². The normalized spacial score (nSPS) is 12.2. The molecule has 5 nitrogen and oxygen atoms in total. The minimum absolute atomic E-state index is 0.0186. The second-order valence-corrected chi connectivity index (χ2v) is 4.95. The summed E-state index contributed by atoms with van der Waals surface area (Å²) < 4.78 is 0. The molecule has 0 spiro atoms. The maximum atomic E-state index is 10.9. The smallest absolute Gasteiger partial charge is 0.354 e. The van der Waals surface area contributed by atoms with E-state index in [9.17, 15) is 4.79 Å². The van der Waals surface area contributed by atoms with Crippen molar-refractivity contribution in [2.75, 3.05) is 29.7 Å². The van der Waals surface area contributed by atoms with Gasteiger partial charge in [-0.15, -0.1) is 0 Å². The van der Waals surface area contributed by atoms with Crippen LogP contribution in [-0.4, -0.2) is 41.2 Å². The van der Waals surface area contributed by atoms with E-state index in [1.807, 2.05) is 18.2 Å². The van der Waals surface area contributed by atoms with Crippen molar-refractivity contribution in [1.29, 1.82) is 0 Å². The van der Waals surface area contributed by atoms with Crippen molar-refractivity contribution >= 4 is 29.2 Å². The number of aromatic nitrogens is 1. The Balaban J connectivity index is 3.06. The molecule has 0 aliphatic carbocycles. The van der Waals surface area contributed by atoms with Crippen LogP contribution in [0.2, 0.25) is 0 Å². The van der Waals surface area contributed by atoms with Gasteiger partial charge in [0.2, 0.25) is 0 Å². The standard InChI is InChI=1S/C12H19N3O2S/c1-4-8(7-18-3)15(2)11-9(13)5-6-10(14-11)12(16)17/h5-6,8H,4,7,13H2,1-3H3,(H,16,17). The molecule has 1 atom stereocenters. The summed E-state index contributed by atoms with van der Waals surface area (Å²) in [5.74, 6) is 0.448. The van der Waals surface area contributed by atoms with E-state index in [1.54, 1.807) is 17.8 Å². The lowest BCUT2D eigenvalue weighted by Gasteiger charge is -2.28. The highest BCUT2D eigenvalue weighted by Crippen LogP contribution is 2.23. The third-order valence-electron chi connectivity index (χ3n) is 2.84. The van der Waals surface area contributed by atoms with Crippen molar-refractivity contribution in [3.05, 3.63) is 17.8 Å². The molecule has 100 valence electrons. The van der Waals surface area contributed by atoms with E-state index in [1.165, 1.54) is 6.07 Å². The minimum Gasteiger partial charge on any atom is -0.477 e. The van der Waals surface area contributed by atoms with Crippen LogP contribution in [0.15, 0.2) is 12.1 Å². The molecular weight excluding hydrogens is 250 g/mol. The number of carbonyl (C=O) groups is 1. The first kappa shape index (κ1) is 14.6. The van der Waals surface area contributed by atoms with Gasteiger partial charge in [-0.2, -0.15) is 11.8 Å². The molecule has 3 N–H and O–H groups in total. The van der Waals surface area contributed by atoms with Crippen molar-refractivity contribution in [2.45, 2.75) is 19.4 Å². The number of carboxylic acid groups (broad SMARTS) is 1. The van der Waals surface area contributed by atoms with Gasteiger partial charge in [0.25, 0.3) is 0 Å². The maximum Gasteiger partial charge on any atom is 0.354 e. The van der Waals surface area contributed by atoms with E-state index in [-0.39, 0.29) is 5.69 Å². The molecule has 0 aliphatic heterocycles. The predicted molar refractivity (Wildman–Crippen MR) is 76.5 cm³/mol. The van der Waals surface area contributed by atoms with Gasteiger partial charge < -0.3 is 15.7 Å². The molecule has 0 saturated heterocycles. The summed E-state index contributed by atoms with van der Waals surface area (Å²) in [6.07, 6.45) is 3.00. The van der Waals surface area contributed by atoms with Gasteiger partial charge in [0, 0.05) is 18.8 Å². The second-order valence-electron chi connectivity index (χ2n) is 4.04. The average Bonchev–Trinajstić information content (AvgIpc) is 2.35. The van der Waals surface area contributed by atoms with Crippen LogP contribution in [0.4, 0.5) is 11.5 Å². The van der Waals surface area contributed by atoms with E-state index in [4.69, 9.17) is 10.8 Å². The second kappa shape index (κ2) is 6.49. The van der Waals surface area contributed by atoms with Gasteiger partial charge in [0.1, 0.15) is 0 Å². The fraction of sp³-hybridized carbons (Fsp3) is 0.500. The van der Waals surface area contributed by atoms with Crippen LogP contribution in [0, 0.1) is 0 Å². The third-order valence-corrected chi connectivity index (χ3v) is 3.55. The van der Waals surface area contributed by atoms with E-state index < -0.39 is 5.97 Å². The molecule has 1 unspecified atom stereocenters. The zero-order chi connectivity index (χ0) is 13.7. The largest absolute Gasteiger partial charge is 0.477 e. The van der Waals surface area contributed by atoms with Crippen molar-refractivity contribution in [2.24, 2.45) is 0 Å². The third kappa shape index (κ3) is 3.29. The Morgan fingerprint density at radius 1 is 1.61 bits per heavy atom. The molecular formula is C12H19N3O2S. The Labute approximate surface area is 111 Å². The zero-order valence-corrected chi connectivity index (χ0v) is 11.7.